The van der Waals surface area contributed by atoms with Crippen LogP contribution in [0.5, 0.6) is 0 Å². The highest BCUT2D eigenvalue weighted by molar-refractivity contribution is 9.11. The Bertz CT molecular complexity index is 822. The third-order valence-electron chi connectivity index (χ3n) is 3.15. The molecule has 1 heterocycles. The zero-order chi connectivity index (χ0) is 19.8. The second kappa shape index (κ2) is 10.1. The summed E-state index contributed by atoms with van der Waals surface area (Å²) in [5.41, 5.74) is 0.990. The summed E-state index contributed by atoms with van der Waals surface area (Å²) in [6.45, 7) is 4.05. The highest BCUT2D eigenvalue weighted by atomic mass is 79.9. The molecule has 3 N–H and O–H groups in total. The minimum absolute atomic E-state index is 0.164. The van der Waals surface area contributed by atoms with Gasteiger partial charge in [0.05, 0.1) is 21.8 Å². The summed E-state index contributed by atoms with van der Waals surface area (Å²) in [4.78, 5) is 36.2. The second-order valence-electron chi connectivity index (χ2n) is 6.03. The molecule has 0 radical (unpaired) electrons. The number of anilines is 2. The Kier molecular flexibility index (Phi) is 7.81. The number of halogens is 1. The van der Waals surface area contributed by atoms with Crippen molar-refractivity contribution in [3.63, 3.8) is 0 Å². The van der Waals surface area contributed by atoms with Crippen molar-refractivity contribution in [3.05, 3.63) is 45.1 Å². The van der Waals surface area contributed by atoms with Gasteiger partial charge in [-0.25, -0.2) is 4.79 Å². The monoisotopic (exact) mass is 453 g/mol. The molecule has 0 aliphatic heterocycles. The summed E-state index contributed by atoms with van der Waals surface area (Å²) in [5, 5.41) is 7.82. The van der Waals surface area contributed by atoms with Crippen molar-refractivity contribution in [1.29, 1.82) is 0 Å². The lowest BCUT2D eigenvalue weighted by atomic mass is 10.2. The predicted molar refractivity (Wildman–Crippen MR) is 109 cm³/mol. The molecule has 7 nitrogen and oxygen atoms in total. The molecule has 144 valence electrons. The summed E-state index contributed by atoms with van der Waals surface area (Å²) in [7, 11) is 0. The van der Waals surface area contributed by atoms with Crippen LogP contribution < -0.4 is 16.0 Å². The van der Waals surface area contributed by atoms with Crippen molar-refractivity contribution in [2.75, 3.05) is 23.8 Å². The van der Waals surface area contributed by atoms with E-state index in [-0.39, 0.29) is 24.3 Å². The van der Waals surface area contributed by atoms with Crippen molar-refractivity contribution >= 4 is 56.5 Å². The maximum absolute atomic E-state index is 12.0. The van der Waals surface area contributed by atoms with Gasteiger partial charge in [-0.05, 0) is 52.2 Å². The topological polar surface area (TPSA) is 96.5 Å². The van der Waals surface area contributed by atoms with Gasteiger partial charge in [-0.3, -0.25) is 14.9 Å². The van der Waals surface area contributed by atoms with E-state index < -0.39 is 6.09 Å². The van der Waals surface area contributed by atoms with E-state index in [1.54, 1.807) is 36.4 Å². The molecule has 0 fully saturated rings. The zero-order valence-corrected chi connectivity index (χ0v) is 17.3. The van der Waals surface area contributed by atoms with Crippen LogP contribution in [0.3, 0.4) is 0 Å². The Balaban J connectivity index is 1.83. The molecule has 27 heavy (non-hydrogen) atoms. The largest absolute Gasteiger partial charge is 0.449 e. The summed E-state index contributed by atoms with van der Waals surface area (Å²) in [5.74, 6) is -0.449. The number of carbonyl (C=O) groups excluding carboxylic acids is 3. The molecule has 0 saturated heterocycles. The van der Waals surface area contributed by atoms with Gasteiger partial charge < -0.3 is 15.4 Å². The average molecular weight is 454 g/mol. The molecule has 0 saturated carbocycles. The number of benzene rings is 1. The first-order valence-electron chi connectivity index (χ1n) is 8.20. The fourth-order valence-corrected chi connectivity index (χ4v) is 3.26. The van der Waals surface area contributed by atoms with E-state index in [9.17, 15) is 14.4 Å². The van der Waals surface area contributed by atoms with Crippen LogP contribution in [-0.2, 0) is 9.53 Å². The Morgan fingerprint density at radius 1 is 1.11 bits per heavy atom. The number of ether oxygens (including phenoxy) is 1. The van der Waals surface area contributed by atoms with Gasteiger partial charge >= 0.3 is 6.09 Å². The molecular formula is C18H20BrN3O4S. The van der Waals surface area contributed by atoms with E-state index >= 15 is 0 Å². The van der Waals surface area contributed by atoms with Crippen molar-refractivity contribution in [2.45, 2.75) is 13.8 Å². The van der Waals surface area contributed by atoms with Crippen molar-refractivity contribution in [1.82, 2.24) is 5.32 Å². The molecule has 2 aromatic rings. The fraction of sp³-hybridized carbons (Fsp3) is 0.278. The van der Waals surface area contributed by atoms with Crippen molar-refractivity contribution in [2.24, 2.45) is 5.92 Å². The van der Waals surface area contributed by atoms with Gasteiger partial charge in [0.2, 0.25) is 5.91 Å². The first-order chi connectivity index (χ1) is 12.8. The number of amides is 3. The van der Waals surface area contributed by atoms with Gasteiger partial charge in [0.15, 0.2) is 0 Å². The Morgan fingerprint density at radius 2 is 1.81 bits per heavy atom. The van der Waals surface area contributed by atoms with E-state index in [4.69, 9.17) is 4.74 Å². The zero-order valence-electron chi connectivity index (χ0n) is 14.9. The van der Waals surface area contributed by atoms with E-state index in [1.165, 1.54) is 11.3 Å². The minimum atomic E-state index is -0.554. The van der Waals surface area contributed by atoms with Crippen LogP contribution in [0.25, 0.3) is 0 Å². The van der Waals surface area contributed by atoms with Gasteiger partial charge in [0, 0.05) is 11.4 Å². The van der Waals surface area contributed by atoms with Crippen LogP contribution in [0.4, 0.5) is 16.2 Å². The maximum atomic E-state index is 12.0. The lowest BCUT2D eigenvalue weighted by Gasteiger charge is -2.10. The third-order valence-corrected chi connectivity index (χ3v) is 4.77. The summed E-state index contributed by atoms with van der Waals surface area (Å²) in [6, 6.07) is 10.1. The second-order valence-corrected chi connectivity index (χ2v) is 8.50. The minimum Gasteiger partial charge on any atom is -0.449 e. The summed E-state index contributed by atoms with van der Waals surface area (Å²) in [6.07, 6.45) is -0.554. The molecule has 0 spiro atoms. The normalized spacial score (nSPS) is 10.4. The highest BCUT2D eigenvalue weighted by Crippen LogP contribution is 2.21. The number of rotatable bonds is 7. The van der Waals surface area contributed by atoms with Gasteiger partial charge in [-0.1, -0.05) is 19.9 Å². The third kappa shape index (κ3) is 7.40. The van der Waals surface area contributed by atoms with Crippen LogP contribution in [0.15, 0.2) is 40.2 Å². The van der Waals surface area contributed by atoms with Crippen LogP contribution in [0, 0.1) is 5.92 Å². The lowest BCUT2D eigenvalue weighted by molar-refractivity contribution is -0.115. The number of nitrogens with one attached hydrogen (secondary N) is 3. The SMILES string of the molecule is CC(C)COC(=O)Nc1cccc(NC(=O)CNC(=O)c2ccc(Br)s2)c1. The van der Waals surface area contributed by atoms with Crippen LogP contribution in [0.1, 0.15) is 23.5 Å². The maximum Gasteiger partial charge on any atom is 0.411 e. The first kappa shape index (κ1) is 20.9. The standard InChI is InChI=1S/C18H20BrN3O4S/c1-11(2)10-26-18(25)22-13-5-3-4-12(8-13)21-16(23)9-20-17(24)14-6-7-15(19)27-14/h3-8,11H,9-10H2,1-2H3,(H,20,24)(H,21,23)(H,22,25). The smallest absolute Gasteiger partial charge is 0.411 e. The highest BCUT2D eigenvalue weighted by Gasteiger charge is 2.11. The molecule has 3 amide bonds. The number of hydrogen-bond acceptors (Lipinski definition) is 5. The van der Waals surface area contributed by atoms with Crippen LogP contribution >= 0.6 is 27.3 Å². The molecule has 9 heteroatoms. The Hall–Kier alpha value is -2.39. The van der Waals surface area contributed by atoms with Crippen LogP contribution in [-0.4, -0.2) is 31.1 Å². The lowest BCUT2D eigenvalue weighted by Crippen LogP contribution is -2.32. The predicted octanol–water partition coefficient (Wildman–Crippen LogP) is 4.08. The molecule has 0 aliphatic carbocycles. The number of thiophene rings is 1. The molecular weight excluding hydrogens is 434 g/mol. The molecule has 0 unspecified atom stereocenters. The quantitative estimate of drug-likeness (QED) is 0.588. The van der Waals surface area contributed by atoms with E-state index in [1.807, 2.05) is 13.8 Å². The van der Waals surface area contributed by atoms with Gasteiger partial charge in [-0.15, -0.1) is 11.3 Å². The molecule has 0 atom stereocenters. The van der Waals surface area contributed by atoms with E-state index in [2.05, 4.69) is 31.9 Å². The van der Waals surface area contributed by atoms with Gasteiger partial charge in [0.25, 0.3) is 5.91 Å². The summed E-state index contributed by atoms with van der Waals surface area (Å²) >= 11 is 4.57. The average Bonchev–Trinajstić information content (AvgIpc) is 3.05. The first-order valence-corrected chi connectivity index (χ1v) is 9.81. The Labute approximate surface area is 169 Å². The summed E-state index contributed by atoms with van der Waals surface area (Å²) < 4.78 is 5.89. The van der Waals surface area contributed by atoms with Crippen molar-refractivity contribution < 1.29 is 19.1 Å². The fourth-order valence-electron chi connectivity index (χ4n) is 1.96. The molecule has 1 aromatic carbocycles. The molecule has 0 bridgehead atoms. The molecule has 2 rings (SSSR count). The Morgan fingerprint density at radius 3 is 2.44 bits per heavy atom. The number of carbonyl (C=O) groups is 3. The van der Waals surface area contributed by atoms with Crippen molar-refractivity contribution in [3.8, 4) is 0 Å². The van der Waals surface area contributed by atoms with Crippen LogP contribution in [0.2, 0.25) is 0 Å². The van der Waals surface area contributed by atoms with E-state index in [0.29, 0.717) is 22.9 Å². The van der Waals surface area contributed by atoms with Gasteiger partial charge in [0.1, 0.15) is 0 Å². The van der Waals surface area contributed by atoms with Gasteiger partial charge in [-0.2, -0.15) is 0 Å². The number of hydrogen-bond donors (Lipinski definition) is 3. The van der Waals surface area contributed by atoms with E-state index in [0.717, 1.165) is 3.79 Å². The molecule has 0 aliphatic rings. The molecule has 1 aromatic heterocycles.